The van der Waals surface area contributed by atoms with Gasteiger partial charge in [0.25, 0.3) is 0 Å². The van der Waals surface area contributed by atoms with Crippen LogP contribution in [-0.4, -0.2) is 10.9 Å². The summed E-state index contributed by atoms with van der Waals surface area (Å²) >= 11 is 5.91. The molecule has 0 fully saturated rings. The van der Waals surface area contributed by atoms with Gasteiger partial charge >= 0.3 is 0 Å². The monoisotopic (exact) mass is 274 g/mol. The van der Waals surface area contributed by atoms with Gasteiger partial charge in [-0.05, 0) is 43.2 Å². The van der Waals surface area contributed by atoms with Crippen molar-refractivity contribution in [2.75, 3.05) is 5.32 Å². The van der Waals surface area contributed by atoms with Crippen LogP contribution in [0.15, 0.2) is 42.6 Å². The molecule has 0 bridgehead atoms. The lowest BCUT2D eigenvalue weighted by Gasteiger charge is -2.08. The van der Waals surface area contributed by atoms with Crippen molar-refractivity contribution in [1.29, 1.82) is 0 Å². The van der Waals surface area contributed by atoms with Crippen molar-refractivity contribution in [1.82, 2.24) is 4.98 Å². The number of nitrogens with one attached hydrogen (secondary N) is 1. The average Bonchev–Trinajstić information content (AvgIpc) is 2.42. The quantitative estimate of drug-likeness (QED) is 0.925. The molecule has 0 radical (unpaired) electrons. The Morgan fingerprint density at radius 1 is 1.32 bits per heavy atom. The Hall–Kier alpha value is -1.87. The van der Waals surface area contributed by atoms with Crippen LogP contribution in [0.1, 0.15) is 17.7 Å². The Labute approximate surface area is 117 Å². The Balaban J connectivity index is 1.93. The fraction of sp³-hybridized carbons (Fsp3) is 0.200. The fourth-order valence-corrected chi connectivity index (χ4v) is 1.90. The van der Waals surface area contributed by atoms with Crippen molar-refractivity contribution in [3.05, 3.63) is 58.9 Å². The number of nitrogens with zero attached hydrogens (tertiary/aromatic N) is 1. The zero-order valence-electron chi connectivity index (χ0n) is 10.7. The summed E-state index contributed by atoms with van der Waals surface area (Å²) < 4.78 is 0. The Kier molecular flexibility index (Phi) is 4.53. The molecule has 0 aliphatic rings. The first-order valence-electron chi connectivity index (χ1n) is 6.11. The summed E-state index contributed by atoms with van der Waals surface area (Å²) in [5, 5.41) is 3.49. The predicted octanol–water partition coefficient (Wildman–Crippen LogP) is 3.61. The van der Waals surface area contributed by atoms with Crippen LogP contribution < -0.4 is 5.32 Å². The zero-order valence-corrected chi connectivity index (χ0v) is 11.4. The lowest BCUT2D eigenvalue weighted by Crippen LogP contribution is -2.13. The summed E-state index contributed by atoms with van der Waals surface area (Å²) in [6.45, 7) is 1.94. The highest BCUT2D eigenvalue weighted by molar-refractivity contribution is 6.31. The van der Waals surface area contributed by atoms with Crippen LogP contribution in [0.5, 0.6) is 0 Å². The molecule has 1 aromatic carbocycles. The molecule has 1 amide bonds. The molecule has 2 aromatic rings. The number of hydrogen-bond acceptors (Lipinski definition) is 2. The fourth-order valence-electron chi connectivity index (χ4n) is 1.73. The summed E-state index contributed by atoms with van der Waals surface area (Å²) in [5.74, 6) is -0.0315. The molecular weight excluding hydrogens is 260 g/mol. The lowest BCUT2D eigenvalue weighted by molar-refractivity contribution is -0.116. The minimum atomic E-state index is -0.0315. The molecular formula is C15H15ClN2O. The van der Waals surface area contributed by atoms with E-state index in [1.165, 1.54) is 0 Å². The number of anilines is 1. The molecule has 0 saturated carbocycles. The summed E-state index contributed by atoms with van der Waals surface area (Å²) in [6, 6.07) is 11.1. The second-order valence-corrected chi connectivity index (χ2v) is 4.76. The van der Waals surface area contributed by atoms with Crippen LogP contribution in [-0.2, 0) is 11.2 Å². The van der Waals surface area contributed by atoms with Gasteiger partial charge in [-0.25, -0.2) is 0 Å². The molecule has 3 nitrogen and oxygen atoms in total. The minimum Gasteiger partial charge on any atom is -0.326 e. The zero-order chi connectivity index (χ0) is 13.7. The molecule has 1 N–H and O–H groups in total. The van der Waals surface area contributed by atoms with Gasteiger partial charge in [0.15, 0.2) is 0 Å². The summed E-state index contributed by atoms with van der Waals surface area (Å²) in [5.41, 5.74) is 2.68. The first-order chi connectivity index (χ1) is 9.15. The van der Waals surface area contributed by atoms with Gasteiger partial charge < -0.3 is 5.32 Å². The Morgan fingerprint density at radius 3 is 2.89 bits per heavy atom. The maximum absolute atomic E-state index is 11.9. The minimum absolute atomic E-state index is 0.0315. The third-order valence-electron chi connectivity index (χ3n) is 2.81. The van der Waals surface area contributed by atoms with Gasteiger partial charge in [-0.15, -0.1) is 0 Å². The third-order valence-corrected chi connectivity index (χ3v) is 3.04. The third kappa shape index (κ3) is 4.07. The first kappa shape index (κ1) is 13.6. The van der Waals surface area contributed by atoms with Crippen molar-refractivity contribution >= 4 is 23.2 Å². The number of halogens is 1. The molecule has 4 heteroatoms. The molecule has 98 valence electrons. The largest absolute Gasteiger partial charge is 0.326 e. The molecule has 0 atom stereocenters. The SMILES string of the molecule is Cc1ccc(Cl)cc1NC(=O)CCc1ccccn1. The smallest absolute Gasteiger partial charge is 0.224 e. The highest BCUT2D eigenvalue weighted by Crippen LogP contribution is 2.20. The Bertz CT molecular complexity index is 570. The van der Waals surface area contributed by atoms with Crippen molar-refractivity contribution in [3.8, 4) is 0 Å². The van der Waals surface area contributed by atoms with Gasteiger partial charge in [0.2, 0.25) is 5.91 Å². The van der Waals surface area contributed by atoms with E-state index in [-0.39, 0.29) is 5.91 Å². The van der Waals surface area contributed by atoms with E-state index in [4.69, 9.17) is 11.6 Å². The van der Waals surface area contributed by atoms with E-state index in [0.717, 1.165) is 16.9 Å². The maximum atomic E-state index is 11.9. The first-order valence-corrected chi connectivity index (χ1v) is 6.49. The van der Waals surface area contributed by atoms with Crippen LogP contribution in [0.3, 0.4) is 0 Å². The van der Waals surface area contributed by atoms with Crippen LogP contribution in [0.2, 0.25) is 5.02 Å². The Morgan fingerprint density at radius 2 is 2.16 bits per heavy atom. The summed E-state index contributed by atoms with van der Waals surface area (Å²) in [7, 11) is 0. The number of carbonyl (C=O) groups excluding carboxylic acids is 1. The van der Waals surface area contributed by atoms with Crippen molar-refractivity contribution in [2.24, 2.45) is 0 Å². The van der Waals surface area contributed by atoms with E-state index in [2.05, 4.69) is 10.3 Å². The van der Waals surface area contributed by atoms with E-state index in [0.29, 0.717) is 17.9 Å². The molecule has 0 spiro atoms. The van der Waals surface area contributed by atoms with E-state index < -0.39 is 0 Å². The second-order valence-electron chi connectivity index (χ2n) is 4.33. The van der Waals surface area contributed by atoms with E-state index in [1.54, 1.807) is 18.3 Å². The number of pyridine rings is 1. The lowest BCUT2D eigenvalue weighted by atomic mass is 10.2. The maximum Gasteiger partial charge on any atom is 0.224 e. The van der Waals surface area contributed by atoms with Gasteiger partial charge in [0.05, 0.1) is 0 Å². The molecule has 1 heterocycles. The number of carbonyl (C=O) groups is 1. The summed E-state index contributed by atoms with van der Waals surface area (Å²) in [4.78, 5) is 16.1. The molecule has 2 rings (SSSR count). The number of hydrogen-bond donors (Lipinski definition) is 1. The van der Waals surface area contributed by atoms with E-state index in [1.807, 2.05) is 31.2 Å². The van der Waals surface area contributed by atoms with Gasteiger partial charge in [-0.3, -0.25) is 9.78 Å². The number of amides is 1. The van der Waals surface area contributed by atoms with E-state index in [9.17, 15) is 4.79 Å². The molecule has 0 saturated heterocycles. The van der Waals surface area contributed by atoms with Crippen LogP contribution in [0.4, 0.5) is 5.69 Å². The van der Waals surface area contributed by atoms with Crippen molar-refractivity contribution in [2.45, 2.75) is 19.8 Å². The predicted molar refractivity (Wildman–Crippen MR) is 77.4 cm³/mol. The molecule has 0 unspecified atom stereocenters. The topological polar surface area (TPSA) is 42.0 Å². The number of rotatable bonds is 4. The van der Waals surface area contributed by atoms with E-state index >= 15 is 0 Å². The van der Waals surface area contributed by atoms with Crippen molar-refractivity contribution in [3.63, 3.8) is 0 Å². The second kappa shape index (κ2) is 6.34. The highest BCUT2D eigenvalue weighted by atomic mass is 35.5. The van der Waals surface area contributed by atoms with Crippen LogP contribution in [0.25, 0.3) is 0 Å². The van der Waals surface area contributed by atoms with Gasteiger partial charge in [-0.1, -0.05) is 23.7 Å². The molecule has 19 heavy (non-hydrogen) atoms. The van der Waals surface area contributed by atoms with Crippen LogP contribution in [0, 0.1) is 6.92 Å². The van der Waals surface area contributed by atoms with Crippen molar-refractivity contribution < 1.29 is 4.79 Å². The normalized spacial score (nSPS) is 10.2. The summed E-state index contributed by atoms with van der Waals surface area (Å²) in [6.07, 6.45) is 2.77. The molecule has 1 aromatic heterocycles. The average molecular weight is 275 g/mol. The van der Waals surface area contributed by atoms with Gasteiger partial charge in [0.1, 0.15) is 0 Å². The van der Waals surface area contributed by atoms with Gasteiger partial charge in [-0.2, -0.15) is 0 Å². The van der Waals surface area contributed by atoms with Crippen LogP contribution >= 0.6 is 11.6 Å². The highest BCUT2D eigenvalue weighted by Gasteiger charge is 2.06. The number of aromatic nitrogens is 1. The molecule has 0 aliphatic heterocycles. The molecule has 0 aliphatic carbocycles. The van der Waals surface area contributed by atoms with Gasteiger partial charge in [0, 0.05) is 29.0 Å². The number of benzene rings is 1. The standard InChI is InChI=1S/C15H15ClN2O/c1-11-5-6-12(16)10-14(11)18-15(19)8-7-13-4-2-3-9-17-13/h2-6,9-10H,7-8H2,1H3,(H,18,19). The number of aryl methyl sites for hydroxylation is 2.